The highest BCUT2D eigenvalue weighted by Gasteiger charge is 2.29. The van der Waals surface area contributed by atoms with Gasteiger partial charge in [-0.2, -0.15) is 0 Å². The largest absolute Gasteiger partial charge is 0.329 e. The molecule has 106 valence electrons. The average molecular weight is 390 g/mol. The van der Waals surface area contributed by atoms with Crippen LogP contribution >= 0.6 is 31.9 Å². The van der Waals surface area contributed by atoms with Crippen LogP contribution in [0.3, 0.4) is 0 Å². The highest BCUT2D eigenvalue weighted by atomic mass is 79.9. The van der Waals surface area contributed by atoms with E-state index in [1.165, 1.54) is 18.4 Å². The zero-order valence-corrected chi connectivity index (χ0v) is 14.8. The normalized spacial score (nSPS) is 21.3. The fraction of sp³-hybridized carbons (Fsp3) is 0.600. The third-order valence-corrected chi connectivity index (χ3v) is 6.02. The lowest BCUT2D eigenvalue weighted by molar-refractivity contribution is 0.0964. The summed E-state index contributed by atoms with van der Waals surface area (Å²) in [5.74, 6) is 0. The molecule has 1 aliphatic heterocycles. The van der Waals surface area contributed by atoms with Crippen molar-refractivity contribution in [2.75, 3.05) is 19.6 Å². The van der Waals surface area contributed by atoms with Crippen molar-refractivity contribution in [3.63, 3.8) is 0 Å². The van der Waals surface area contributed by atoms with Gasteiger partial charge in [-0.15, -0.1) is 0 Å². The number of hydrogen-bond donors (Lipinski definition) is 1. The molecule has 4 heteroatoms. The van der Waals surface area contributed by atoms with Gasteiger partial charge in [-0.1, -0.05) is 19.9 Å². The summed E-state index contributed by atoms with van der Waals surface area (Å²) in [6, 6.07) is 6.78. The Morgan fingerprint density at radius 3 is 2.37 bits per heavy atom. The van der Waals surface area contributed by atoms with Gasteiger partial charge in [0.25, 0.3) is 0 Å². The van der Waals surface area contributed by atoms with E-state index in [0.717, 1.165) is 22.0 Å². The highest BCUT2D eigenvalue weighted by molar-refractivity contribution is 9.13. The van der Waals surface area contributed by atoms with E-state index in [0.29, 0.717) is 18.0 Å². The zero-order chi connectivity index (χ0) is 14.0. The Bertz CT molecular complexity index is 436. The first kappa shape index (κ1) is 15.5. The van der Waals surface area contributed by atoms with Gasteiger partial charge in [-0.25, -0.2) is 0 Å². The lowest BCUT2D eigenvalue weighted by atomic mass is 9.82. The van der Waals surface area contributed by atoms with Gasteiger partial charge in [0.05, 0.1) is 0 Å². The van der Waals surface area contributed by atoms with Crippen molar-refractivity contribution in [3.05, 3.63) is 32.7 Å². The van der Waals surface area contributed by atoms with E-state index in [4.69, 9.17) is 5.73 Å². The molecule has 19 heavy (non-hydrogen) atoms. The summed E-state index contributed by atoms with van der Waals surface area (Å²) in [7, 11) is 0. The van der Waals surface area contributed by atoms with Gasteiger partial charge in [0.1, 0.15) is 0 Å². The van der Waals surface area contributed by atoms with E-state index < -0.39 is 0 Å². The molecule has 0 aliphatic carbocycles. The number of nitrogens with two attached hydrogens (primary N) is 1. The Labute approximate surface area is 133 Å². The molecule has 1 fully saturated rings. The lowest BCUT2D eigenvalue weighted by Gasteiger charge is -2.41. The summed E-state index contributed by atoms with van der Waals surface area (Å²) in [6.45, 7) is 7.68. The minimum Gasteiger partial charge on any atom is -0.329 e. The molecule has 2 N–H and O–H groups in total. The second kappa shape index (κ2) is 6.25. The summed E-state index contributed by atoms with van der Waals surface area (Å²) in [5, 5.41) is 0. The fourth-order valence-electron chi connectivity index (χ4n) is 2.66. The minimum atomic E-state index is 0.334. The smallest absolute Gasteiger partial charge is 0.0470 e. The molecule has 0 amide bonds. The van der Waals surface area contributed by atoms with Crippen LogP contribution in [0, 0.1) is 5.41 Å². The Morgan fingerprint density at radius 2 is 1.84 bits per heavy atom. The van der Waals surface area contributed by atoms with Crippen LogP contribution in [0.1, 0.15) is 38.3 Å². The predicted molar refractivity (Wildman–Crippen MR) is 88.2 cm³/mol. The van der Waals surface area contributed by atoms with E-state index in [9.17, 15) is 0 Å². The Morgan fingerprint density at radius 1 is 1.21 bits per heavy atom. The second-order valence-electron chi connectivity index (χ2n) is 6.13. The summed E-state index contributed by atoms with van der Waals surface area (Å²) in [5.41, 5.74) is 7.81. The van der Waals surface area contributed by atoms with Crippen LogP contribution in [0.5, 0.6) is 0 Å². The molecular formula is C15H22Br2N2. The number of nitrogens with zero attached hydrogens (tertiary/aromatic N) is 1. The van der Waals surface area contributed by atoms with Crippen molar-refractivity contribution in [1.82, 2.24) is 4.90 Å². The molecule has 2 rings (SSSR count). The summed E-state index contributed by atoms with van der Waals surface area (Å²) >= 11 is 7.10. The fourth-order valence-corrected chi connectivity index (χ4v) is 3.30. The molecule has 1 aromatic rings. The van der Waals surface area contributed by atoms with Gasteiger partial charge in [-0.3, -0.25) is 4.90 Å². The van der Waals surface area contributed by atoms with Crippen LogP contribution in [0.4, 0.5) is 0 Å². The second-order valence-corrected chi connectivity index (χ2v) is 7.83. The molecule has 0 radical (unpaired) electrons. The first-order valence-corrected chi connectivity index (χ1v) is 8.40. The van der Waals surface area contributed by atoms with Crippen molar-refractivity contribution in [2.24, 2.45) is 11.1 Å². The van der Waals surface area contributed by atoms with E-state index in [2.05, 4.69) is 68.8 Å². The van der Waals surface area contributed by atoms with Crippen LogP contribution in [0.2, 0.25) is 0 Å². The molecule has 1 aromatic carbocycles. The van der Waals surface area contributed by atoms with Gasteiger partial charge in [0.2, 0.25) is 0 Å². The quantitative estimate of drug-likeness (QED) is 0.833. The minimum absolute atomic E-state index is 0.334. The molecular weight excluding hydrogens is 368 g/mol. The van der Waals surface area contributed by atoms with Crippen molar-refractivity contribution < 1.29 is 0 Å². The van der Waals surface area contributed by atoms with Crippen LogP contribution < -0.4 is 5.73 Å². The van der Waals surface area contributed by atoms with E-state index >= 15 is 0 Å². The molecule has 0 aromatic heterocycles. The first-order chi connectivity index (χ1) is 8.93. The monoisotopic (exact) mass is 388 g/mol. The summed E-state index contributed by atoms with van der Waals surface area (Å²) in [6.07, 6.45) is 2.50. The maximum absolute atomic E-state index is 6.02. The van der Waals surface area contributed by atoms with Crippen LogP contribution in [-0.2, 0) is 0 Å². The van der Waals surface area contributed by atoms with Gasteiger partial charge >= 0.3 is 0 Å². The zero-order valence-electron chi connectivity index (χ0n) is 11.6. The molecule has 1 atom stereocenters. The Balaban J connectivity index is 2.14. The third kappa shape index (κ3) is 3.81. The van der Waals surface area contributed by atoms with Crippen molar-refractivity contribution in [2.45, 2.75) is 32.7 Å². The van der Waals surface area contributed by atoms with Gasteiger partial charge in [0, 0.05) is 21.5 Å². The third-order valence-electron chi connectivity index (χ3n) is 4.14. The van der Waals surface area contributed by atoms with Crippen molar-refractivity contribution >= 4 is 31.9 Å². The Kier molecular flexibility index (Phi) is 5.09. The van der Waals surface area contributed by atoms with E-state index in [1.807, 2.05) is 0 Å². The topological polar surface area (TPSA) is 29.3 Å². The molecule has 0 saturated carbocycles. The van der Waals surface area contributed by atoms with Gasteiger partial charge in [0.15, 0.2) is 0 Å². The Hall–Kier alpha value is 0.1000. The number of hydrogen-bond acceptors (Lipinski definition) is 2. The molecule has 2 nitrogen and oxygen atoms in total. The first-order valence-electron chi connectivity index (χ1n) is 6.82. The molecule has 0 spiro atoms. The SMILES string of the molecule is CC1(C)CCN(C(CN)c2ccc(Br)c(Br)c2)CC1. The maximum atomic E-state index is 6.02. The van der Waals surface area contributed by atoms with Gasteiger partial charge in [-0.05, 0) is 80.9 Å². The number of rotatable bonds is 3. The van der Waals surface area contributed by atoms with Crippen molar-refractivity contribution in [1.29, 1.82) is 0 Å². The van der Waals surface area contributed by atoms with Crippen molar-refractivity contribution in [3.8, 4) is 0 Å². The van der Waals surface area contributed by atoms with Gasteiger partial charge < -0.3 is 5.73 Å². The van der Waals surface area contributed by atoms with Crippen LogP contribution in [-0.4, -0.2) is 24.5 Å². The van der Waals surface area contributed by atoms with Crippen LogP contribution in [0.15, 0.2) is 27.1 Å². The van der Waals surface area contributed by atoms with Crippen LogP contribution in [0.25, 0.3) is 0 Å². The standard InChI is InChI=1S/C15H22Br2N2/c1-15(2)5-7-19(8-6-15)14(10-18)11-3-4-12(16)13(17)9-11/h3-4,9,14H,5-8,10,18H2,1-2H3. The number of halogens is 2. The molecule has 1 saturated heterocycles. The molecule has 1 heterocycles. The number of piperidine rings is 1. The number of benzene rings is 1. The molecule has 1 aliphatic rings. The summed E-state index contributed by atoms with van der Waals surface area (Å²) in [4.78, 5) is 2.53. The number of likely N-dealkylation sites (tertiary alicyclic amines) is 1. The van der Waals surface area contributed by atoms with E-state index in [1.54, 1.807) is 0 Å². The maximum Gasteiger partial charge on any atom is 0.0470 e. The van der Waals surface area contributed by atoms with E-state index in [-0.39, 0.29) is 0 Å². The summed E-state index contributed by atoms with van der Waals surface area (Å²) < 4.78 is 2.19. The highest BCUT2D eigenvalue weighted by Crippen LogP contribution is 2.35. The molecule has 0 bridgehead atoms. The predicted octanol–water partition coefficient (Wildman–Crippen LogP) is 4.33. The molecule has 1 unspecified atom stereocenters. The lowest BCUT2D eigenvalue weighted by Crippen LogP contribution is -2.42. The average Bonchev–Trinajstić information content (AvgIpc) is 2.36.